The maximum Gasteiger partial charge on any atom is 0.220 e. The summed E-state index contributed by atoms with van der Waals surface area (Å²) in [5.41, 5.74) is 6.61. The largest absolute Gasteiger partial charge is 0.391 e. The van der Waals surface area contributed by atoms with Gasteiger partial charge in [0.05, 0.1) is 0 Å². The van der Waals surface area contributed by atoms with Crippen molar-refractivity contribution >= 4 is 23.1 Å². The number of carbonyl (C=O) groups excluding carboxylic acids is 1. The molecule has 0 bridgehead atoms. The van der Waals surface area contributed by atoms with Gasteiger partial charge < -0.3 is 11.1 Å². The van der Waals surface area contributed by atoms with Crippen LogP contribution in [0, 0.1) is 0 Å². The highest BCUT2D eigenvalue weighted by Crippen LogP contribution is 2.13. The van der Waals surface area contributed by atoms with Crippen LogP contribution in [0.2, 0.25) is 0 Å². The summed E-state index contributed by atoms with van der Waals surface area (Å²) in [6.45, 7) is 2.11. The summed E-state index contributed by atoms with van der Waals surface area (Å²) in [7, 11) is 0. The van der Waals surface area contributed by atoms with Gasteiger partial charge in [0.2, 0.25) is 5.91 Å². The molecular weight excluding hydrogens is 244 g/mol. The summed E-state index contributed by atoms with van der Waals surface area (Å²) in [5.74, 6) is 0.00473. The van der Waals surface area contributed by atoms with Crippen molar-refractivity contribution in [2.75, 3.05) is 0 Å². The minimum Gasteiger partial charge on any atom is -0.391 e. The lowest BCUT2D eigenvalue weighted by molar-refractivity contribution is -0.121. The van der Waals surface area contributed by atoms with Crippen LogP contribution < -0.4 is 11.1 Å². The van der Waals surface area contributed by atoms with Crippen molar-refractivity contribution < 1.29 is 4.79 Å². The number of nitrogens with two attached hydrogens (primary N) is 1. The molecule has 1 rings (SSSR count). The minimum atomic E-state index is -0.365. The maximum atomic E-state index is 11.8. The number of carbonyl (C=O) groups is 1. The molecule has 0 radical (unpaired) electrons. The first-order valence-corrected chi connectivity index (χ1v) is 6.69. The first-order valence-electron chi connectivity index (χ1n) is 6.28. The van der Waals surface area contributed by atoms with Crippen molar-refractivity contribution in [3.05, 3.63) is 35.9 Å². The monoisotopic (exact) mass is 264 g/mol. The number of amides is 1. The number of nitrogens with one attached hydrogen (secondary N) is 1. The highest BCUT2D eigenvalue weighted by atomic mass is 32.1. The molecule has 18 heavy (non-hydrogen) atoms. The zero-order valence-electron chi connectivity index (χ0n) is 10.7. The number of benzene rings is 1. The highest BCUT2D eigenvalue weighted by molar-refractivity contribution is 7.80. The van der Waals surface area contributed by atoms with Crippen molar-refractivity contribution in [2.45, 2.75) is 38.6 Å². The Morgan fingerprint density at radius 1 is 1.33 bits per heavy atom. The van der Waals surface area contributed by atoms with Crippen LogP contribution in [0.15, 0.2) is 30.3 Å². The summed E-state index contributed by atoms with van der Waals surface area (Å²) < 4.78 is 0. The van der Waals surface area contributed by atoms with Crippen LogP contribution >= 0.6 is 12.2 Å². The van der Waals surface area contributed by atoms with Gasteiger partial charge in [-0.1, -0.05) is 62.3 Å². The maximum absolute atomic E-state index is 11.8. The molecule has 0 aliphatic rings. The average molecular weight is 264 g/mol. The van der Waals surface area contributed by atoms with E-state index < -0.39 is 0 Å². The summed E-state index contributed by atoms with van der Waals surface area (Å²) in [4.78, 5) is 12.1. The molecule has 0 aliphatic heterocycles. The van der Waals surface area contributed by atoms with E-state index in [1.165, 1.54) is 0 Å². The van der Waals surface area contributed by atoms with Crippen LogP contribution in [0.3, 0.4) is 0 Å². The number of thiocarbonyl (C=S) groups is 1. The summed E-state index contributed by atoms with van der Waals surface area (Å²) in [6, 6.07) is 9.19. The molecule has 1 aromatic carbocycles. The van der Waals surface area contributed by atoms with Gasteiger partial charge in [0.1, 0.15) is 11.0 Å². The van der Waals surface area contributed by atoms with Gasteiger partial charge in [-0.25, -0.2) is 0 Å². The quantitative estimate of drug-likeness (QED) is 0.588. The number of rotatable bonds is 7. The fourth-order valence-electron chi connectivity index (χ4n) is 1.73. The normalized spacial score (nSPS) is 11.8. The SMILES string of the molecule is CCCCCC(=O)NC(C(N)=S)c1ccccc1. The number of hydrogen-bond donors (Lipinski definition) is 2. The van der Waals surface area contributed by atoms with Gasteiger partial charge in [-0.05, 0) is 12.0 Å². The second kappa shape index (κ2) is 7.82. The van der Waals surface area contributed by atoms with Crippen molar-refractivity contribution in [3.63, 3.8) is 0 Å². The topological polar surface area (TPSA) is 55.1 Å². The van der Waals surface area contributed by atoms with Crippen molar-refractivity contribution in [2.24, 2.45) is 5.73 Å². The molecule has 1 atom stereocenters. The molecule has 0 spiro atoms. The van der Waals surface area contributed by atoms with Gasteiger partial charge in [-0.2, -0.15) is 0 Å². The molecule has 0 heterocycles. The molecule has 0 aromatic heterocycles. The molecule has 3 N–H and O–H groups in total. The van der Waals surface area contributed by atoms with Crippen LogP contribution in [0.4, 0.5) is 0 Å². The van der Waals surface area contributed by atoms with Crippen molar-refractivity contribution in [1.29, 1.82) is 0 Å². The molecule has 0 fully saturated rings. The van der Waals surface area contributed by atoms with Crippen LogP contribution in [0.25, 0.3) is 0 Å². The van der Waals surface area contributed by atoms with E-state index in [9.17, 15) is 4.79 Å². The fraction of sp³-hybridized carbons (Fsp3) is 0.429. The molecule has 1 aromatic rings. The Morgan fingerprint density at radius 3 is 2.56 bits per heavy atom. The molecule has 1 amide bonds. The second-order valence-electron chi connectivity index (χ2n) is 4.27. The smallest absolute Gasteiger partial charge is 0.220 e. The fourth-order valence-corrected chi connectivity index (χ4v) is 1.93. The van der Waals surface area contributed by atoms with Crippen LogP contribution in [0.5, 0.6) is 0 Å². The zero-order valence-corrected chi connectivity index (χ0v) is 11.5. The predicted molar refractivity (Wildman–Crippen MR) is 78.3 cm³/mol. The van der Waals surface area contributed by atoms with E-state index in [0.717, 1.165) is 24.8 Å². The van der Waals surface area contributed by atoms with Gasteiger partial charge >= 0.3 is 0 Å². The summed E-state index contributed by atoms with van der Waals surface area (Å²) in [6.07, 6.45) is 3.60. The Morgan fingerprint density at radius 2 is 2.00 bits per heavy atom. The summed E-state index contributed by atoms with van der Waals surface area (Å²) in [5, 5.41) is 2.89. The van der Waals surface area contributed by atoms with Crippen molar-refractivity contribution in [1.82, 2.24) is 5.32 Å². The average Bonchev–Trinajstić information content (AvgIpc) is 2.37. The Bertz CT molecular complexity index is 392. The Kier molecular flexibility index (Phi) is 6.36. The minimum absolute atomic E-state index is 0.00473. The Balaban J connectivity index is 2.59. The molecule has 1 unspecified atom stereocenters. The van der Waals surface area contributed by atoms with Gasteiger partial charge in [-0.3, -0.25) is 4.79 Å². The third kappa shape index (κ3) is 4.84. The van der Waals surface area contributed by atoms with Gasteiger partial charge in [-0.15, -0.1) is 0 Å². The van der Waals surface area contributed by atoms with Crippen molar-refractivity contribution in [3.8, 4) is 0 Å². The van der Waals surface area contributed by atoms with Gasteiger partial charge in [0.25, 0.3) is 0 Å². The third-order valence-corrected chi connectivity index (χ3v) is 2.97. The molecule has 0 aliphatic carbocycles. The Labute approximate surface area is 114 Å². The molecular formula is C14H20N2OS. The van der Waals surface area contributed by atoms with E-state index in [0.29, 0.717) is 11.4 Å². The zero-order chi connectivity index (χ0) is 13.4. The molecule has 0 saturated heterocycles. The molecule has 3 nitrogen and oxygen atoms in total. The van der Waals surface area contributed by atoms with Crippen LogP contribution in [0.1, 0.15) is 44.2 Å². The first-order chi connectivity index (χ1) is 8.65. The van der Waals surface area contributed by atoms with E-state index in [-0.39, 0.29) is 11.9 Å². The standard InChI is InChI=1S/C14H20N2OS/c1-2-3-5-10-12(17)16-13(14(15)18)11-8-6-4-7-9-11/h4,6-9,13H,2-3,5,10H2,1H3,(H2,15,18)(H,16,17). The first kappa shape index (κ1) is 14.6. The number of hydrogen-bond acceptors (Lipinski definition) is 2. The summed E-state index contributed by atoms with van der Waals surface area (Å²) >= 11 is 5.02. The lowest BCUT2D eigenvalue weighted by Crippen LogP contribution is -2.36. The Hall–Kier alpha value is -1.42. The van der Waals surface area contributed by atoms with Crippen LogP contribution in [-0.2, 0) is 4.79 Å². The van der Waals surface area contributed by atoms with E-state index in [1.807, 2.05) is 30.3 Å². The molecule has 0 saturated carbocycles. The van der Waals surface area contributed by atoms with Crippen LogP contribution in [-0.4, -0.2) is 10.9 Å². The van der Waals surface area contributed by atoms with E-state index in [1.54, 1.807) is 0 Å². The lowest BCUT2D eigenvalue weighted by atomic mass is 10.1. The van der Waals surface area contributed by atoms with E-state index in [2.05, 4.69) is 12.2 Å². The van der Waals surface area contributed by atoms with Gasteiger partial charge in [0.15, 0.2) is 0 Å². The molecule has 4 heteroatoms. The second-order valence-corrected chi connectivity index (χ2v) is 4.74. The lowest BCUT2D eigenvalue weighted by Gasteiger charge is -2.17. The third-order valence-electron chi connectivity index (χ3n) is 2.73. The number of unbranched alkanes of at least 4 members (excludes halogenated alkanes) is 2. The molecule has 98 valence electrons. The van der Waals surface area contributed by atoms with E-state index >= 15 is 0 Å². The highest BCUT2D eigenvalue weighted by Gasteiger charge is 2.16. The van der Waals surface area contributed by atoms with E-state index in [4.69, 9.17) is 18.0 Å². The predicted octanol–water partition coefficient (Wildman–Crippen LogP) is 2.71. The van der Waals surface area contributed by atoms with Gasteiger partial charge in [0, 0.05) is 6.42 Å².